The van der Waals surface area contributed by atoms with Crippen molar-refractivity contribution in [2.75, 3.05) is 37.5 Å². The van der Waals surface area contributed by atoms with E-state index in [1.807, 2.05) is 0 Å². The number of carboxylic acids is 1. The number of rotatable bonds is 9. The molecular formula is C18H22N8O6S3. The van der Waals surface area contributed by atoms with Crippen LogP contribution in [0.2, 0.25) is 0 Å². The number of hydrogen-bond acceptors (Lipinski definition) is 12. The van der Waals surface area contributed by atoms with Crippen LogP contribution in [0.25, 0.3) is 0 Å². The monoisotopic (exact) mass is 542 g/mol. The van der Waals surface area contributed by atoms with Crippen LogP contribution in [0.15, 0.2) is 21.4 Å². The number of β-lactam (4-membered cyclic amide) rings is 1. The number of carboxylic acid groups (broad SMARTS) is 1. The number of oxime groups is 1. The Bertz CT molecular complexity index is 1100. The summed E-state index contributed by atoms with van der Waals surface area (Å²) in [6, 6.07) is -0.849. The normalized spacial score (nSPS) is 26.4. The van der Waals surface area contributed by atoms with Crippen LogP contribution >= 0.6 is 35.3 Å². The van der Waals surface area contributed by atoms with Gasteiger partial charge < -0.3 is 25.1 Å². The van der Waals surface area contributed by atoms with Gasteiger partial charge in [0.15, 0.2) is 5.71 Å². The first-order valence-electron chi connectivity index (χ1n) is 10.3. The van der Waals surface area contributed by atoms with Crippen molar-refractivity contribution in [2.24, 2.45) is 17.6 Å². The van der Waals surface area contributed by atoms with Crippen LogP contribution in [0.5, 0.6) is 0 Å². The summed E-state index contributed by atoms with van der Waals surface area (Å²) in [6.45, 7) is 0.410. The van der Waals surface area contributed by atoms with Crippen molar-refractivity contribution in [1.29, 1.82) is 0 Å². The number of tetrazole rings is 1. The highest BCUT2D eigenvalue weighted by atomic mass is 32.2. The third kappa shape index (κ3) is 4.84. The second kappa shape index (κ2) is 10.4. The average Bonchev–Trinajstić information content (AvgIpc) is 3.28. The maximum Gasteiger partial charge on any atom is 0.313 e. The zero-order valence-electron chi connectivity index (χ0n) is 18.7. The van der Waals surface area contributed by atoms with Gasteiger partial charge in [-0.05, 0) is 15.8 Å². The molecule has 1 aromatic heterocycles. The van der Waals surface area contributed by atoms with Gasteiger partial charge in [0.2, 0.25) is 17.5 Å². The fraction of sp³-hybridized carbons (Fsp3) is 0.556. The van der Waals surface area contributed by atoms with E-state index in [1.165, 1.54) is 56.9 Å². The molecule has 0 aromatic carbocycles. The Balaban J connectivity index is 1.43. The molecule has 17 heteroatoms. The highest BCUT2D eigenvalue weighted by Crippen LogP contribution is 2.44. The molecule has 14 nitrogen and oxygen atoms in total. The van der Waals surface area contributed by atoms with E-state index < -0.39 is 28.7 Å². The highest BCUT2D eigenvalue weighted by Gasteiger charge is 2.57. The summed E-state index contributed by atoms with van der Waals surface area (Å²) in [5.41, 5.74) is -1.03. The SMILES string of the molecule is CON=C(C(=O)NC1C(=O)N2CC(CSc3nnnn3C)(C(=O)O)CS[C@H]12)C1=CSCCN1C=O. The van der Waals surface area contributed by atoms with Crippen LogP contribution in [0.1, 0.15) is 0 Å². The maximum absolute atomic E-state index is 13.0. The Morgan fingerprint density at radius 3 is 2.94 bits per heavy atom. The predicted molar refractivity (Wildman–Crippen MR) is 127 cm³/mol. The largest absolute Gasteiger partial charge is 0.481 e. The van der Waals surface area contributed by atoms with Gasteiger partial charge in [-0.15, -0.1) is 28.6 Å². The summed E-state index contributed by atoms with van der Waals surface area (Å²) in [4.78, 5) is 57.1. The van der Waals surface area contributed by atoms with Gasteiger partial charge in [-0.25, -0.2) is 4.68 Å². The van der Waals surface area contributed by atoms with Crippen molar-refractivity contribution in [3.8, 4) is 0 Å². The summed E-state index contributed by atoms with van der Waals surface area (Å²) >= 11 is 3.93. The van der Waals surface area contributed by atoms with Crippen molar-refractivity contribution in [2.45, 2.75) is 16.6 Å². The van der Waals surface area contributed by atoms with E-state index in [-0.39, 0.29) is 35.4 Å². The van der Waals surface area contributed by atoms with Gasteiger partial charge >= 0.3 is 5.97 Å². The summed E-state index contributed by atoms with van der Waals surface area (Å²) in [7, 11) is 2.94. The van der Waals surface area contributed by atoms with E-state index in [4.69, 9.17) is 4.84 Å². The smallest absolute Gasteiger partial charge is 0.313 e. The van der Waals surface area contributed by atoms with E-state index in [0.717, 1.165) is 0 Å². The highest BCUT2D eigenvalue weighted by molar-refractivity contribution is 8.02. The lowest BCUT2D eigenvalue weighted by molar-refractivity contribution is -0.157. The number of nitrogens with zero attached hydrogens (tertiary/aromatic N) is 7. The van der Waals surface area contributed by atoms with E-state index in [0.29, 0.717) is 23.9 Å². The lowest BCUT2D eigenvalue weighted by Crippen LogP contribution is -2.74. The number of thioether (sulfide) groups is 3. The van der Waals surface area contributed by atoms with Gasteiger partial charge in [0.25, 0.3) is 5.91 Å². The van der Waals surface area contributed by atoms with Crippen LogP contribution in [-0.4, -0.2) is 114 Å². The molecule has 3 aliphatic rings. The molecule has 0 bridgehead atoms. The number of aryl methyl sites for hydroxylation is 1. The first kappa shape index (κ1) is 25.3. The van der Waals surface area contributed by atoms with E-state index >= 15 is 0 Å². The lowest BCUT2D eigenvalue weighted by Gasteiger charge is -2.53. The molecule has 0 spiro atoms. The molecular weight excluding hydrogens is 520 g/mol. The minimum Gasteiger partial charge on any atom is -0.481 e. The minimum absolute atomic E-state index is 0.00319. The Morgan fingerprint density at radius 1 is 1.49 bits per heavy atom. The molecule has 2 fully saturated rings. The minimum atomic E-state index is -1.19. The summed E-state index contributed by atoms with van der Waals surface area (Å²) < 4.78 is 1.45. The molecule has 3 aliphatic heterocycles. The van der Waals surface area contributed by atoms with Gasteiger partial charge in [-0.1, -0.05) is 16.9 Å². The number of fused-ring (bicyclic) bond motifs is 1. The topological polar surface area (TPSA) is 172 Å². The summed E-state index contributed by atoms with van der Waals surface area (Å²) in [5.74, 6) is -0.975. The molecule has 0 radical (unpaired) electrons. The quantitative estimate of drug-likeness (QED) is 0.126. The molecule has 3 amide bonds. The van der Waals surface area contributed by atoms with Crippen LogP contribution in [0.4, 0.5) is 0 Å². The van der Waals surface area contributed by atoms with Gasteiger partial charge in [0.1, 0.15) is 23.9 Å². The van der Waals surface area contributed by atoms with Crippen LogP contribution in [-0.2, 0) is 31.1 Å². The zero-order chi connectivity index (χ0) is 25.2. The molecule has 35 heavy (non-hydrogen) atoms. The summed E-state index contributed by atoms with van der Waals surface area (Å²) in [6.07, 6.45) is 0.609. The number of nitrogens with one attached hydrogen (secondary N) is 1. The Kier molecular flexibility index (Phi) is 7.56. The van der Waals surface area contributed by atoms with Crippen LogP contribution < -0.4 is 5.32 Å². The first-order chi connectivity index (χ1) is 16.8. The Labute approximate surface area is 212 Å². The molecule has 2 unspecified atom stereocenters. The number of amides is 3. The van der Waals surface area contributed by atoms with Crippen molar-refractivity contribution in [3.63, 3.8) is 0 Å². The van der Waals surface area contributed by atoms with E-state index in [1.54, 1.807) is 12.5 Å². The van der Waals surface area contributed by atoms with Crippen LogP contribution in [0.3, 0.4) is 0 Å². The van der Waals surface area contributed by atoms with Crippen molar-refractivity contribution in [3.05, 3.63) is 11.1 Å². The first-order valence-corrected chi connectivity index (χ1v) is 13.4. The fourth-order valence-corrected chi connectivity index (χ4v) is 7.27. The molecule has 3 atom stereocenters. The second-order valence-electron chi connectivity index (χ2n) is 7.87. The number of aliphatic carboxylic acids is 1. The molecule has 188 valence electrons. The summed E-state index contributed by atoms with van der Waals surface area (Å²) in [5, 5.41) is 29.3. The van der Waals surface area contributed by atoms with Gasteiger partial charge in [-0.2, -0.15) is 0 Å². The Morgan fingerprint density at radius 2 is 2.29 bits per heavy atom. The number of carbonyl (C=O) groups excluding carboxylic acids is 3. The number of hydrogen-bond donors (Lipinski definition) is 2. The molecule has 2 N–H and O–H groups in total. The molecule has 4 rings (SSSR count). The van der Waals surface area contributed by atoms with Gasteiger partial charge in [-0.3, -0.25) is 19.2 Å². The third-order valence-corrected chi connectivity index (χ3v) is 9.36. The number of aromatic nitrogens is 4. The van der Waals surface area contributed by atoms with E-state index in [2.05, 4.69) is 26.0 Å². The maximum atomic E-state index is 13.0. The number of carbonyl (C=O) groups is 4. The molecule has 2 saturated heterocycles. The molecule has 0 aliphatic carbocycles. The van der Waals surface area contributed by atoms with E-state index in [9.17, 15) is 24.3 Å². The molecule has 4 heterocycles. The lowest BCUT2D eigenvalue weighted by atomic mass is 9.89. The predicted octanol–water partition coefficient (Wildman–Crippen LogP) is -1.18. The molecule has 0 saturated carbocycles. The van der Waals surface area contributed by atoms with Crippen molar-refractivity contribution < 1.29 is 29.1 Å². The molecule has 1 aromatic rings. The van der Waals surface area contributed by atoms with Crippen molar-refractivity contribution in [1.82, 2.24) is 35.3 Å². The third-order valence-electron chi connectivity index (χ3n) is 5.67. The standard InChI is InChI=1S/C18H22N8O6S3/c1-24-17(20-22-23-24)35-8-18(16(30)31)6-26-14(29)12(15(26)34-7-18)19-13(28)11(21-32-2)10-5-33-4-3-25(10)9-27/h5,9,12,15H,3-4,6-8H2,1-2H3,(H,19,28)(H,30,31)/t12?,15-,18?/m1/s1. The zero-order valence-corrected chi connectivity index (χ0v) is 21.1. The fourth-order valence-electron chi connectivity index (χ4n) is 3.74. The average molecular weight is 543 g/mol. The second-order valence-corrected chi connectivity index (χ2v) is 10.9. The van der Waals surface area contributed by atoms with Gasteiger partial charge in [0.05, 0.1) is 5.70 Å². The van der Waals surface area contributed by atoms with Crippen LogP contribution in [0, 0.1) is 5.41 Å². The Hall–Kier alpha value is -2.79. The van der Waals surface area contributed by atoms with Crippen molar-refractivity contribution >= 4 is 65.2 Å². The van der Waals surface area contributed by atoms with Gasteiger partial charge in [0, 0.05) is 37.4 Å².